The fourth-order valence-corrected chi connectivity index (χ4v) is 1.18. The molecule has 0 aliphatic carbocycles. The molecule has 0 aliphatic heterocycles. The Labute approximate surface area is 119 Å². The van der Waals surface area contributed by atoms with E-state index in [1.165, 1.54) is 12.1 Å². The second kappa shape index (κ2) is 5.89. The van der Waals surface area contributed by atoms with Crippen molar-refractivity contribution in [2.24, 2.45) is 5.10 Å². The summed E-state index contributed by atoms with van der Waals surface area (Å²) in [5.41, 5.74) is 1.51. The summed E-state index contributed by atoms with van der Waals surface area (Å²) in [6.45, 7) is 1.58. The summed E-state index contributed by atoms with van der Waals surface area (Å²) >= 11 is 0. The van der Waals surface area contributed by atoms with E-state index in [0.717, 1.165) is 5.43 Å². The van der Waals surface area contributed by atoms with Gasteiger partial charge in [-0.25, -0.2) is 5.43 Å². The highest BCUT2D eigenvalue weighted by atomic mass is 19.4. The van der Waals surface area contributed by atoms with E-state index < -0.39 is 23.9 Å². The zero-order chi connectivity index (χ0) is 17.2. The predicted molar refractivity (Wildman–Crippen MR) is 60.7 cm³/mol. The molecule has 0 spiro atoms. The van der Waals surface area contributed by atoms with Crippen molar-refractivity contribution in [2.75, 3.05) is 0 Å². The summed E-state index contributed by atoms with van der Waals surface area (Å²) in [6.07, 6.45) is -5.87. The van der Waals surface area contributed by atoms with Crippen LogP contribution in [0.5, 0.6) is 0 Å². The number of carbonyl (C=O) groups excluding carboxylic acids is 1. The Kier molecular flexibility index (Phi) is 4.78. The normalized spacial score (nSPS) is 13.5. The molecule has 0 saturated heterocycles. The van der Waals surface area contributed by atoms with Crippen molar-refractivity contribution in [2.45, 2.75) is 24.9 Å². The molecule has 1 aromatic rings. The quantitative estimate of drug-likeness (QED) is 0.524. The highest BCUT2D eigenvalue weighted by Crippen LogP contribution is 2.46. The molecule has 0 unspecified atom stereocenters. The monoisotopic (exact) mass is 331 g/mol. The summed E-state index contributed by atoms with van der Waals surface area (Å²) < 4.78 is 86.5. The molecule has 11 heteroatoms. The molecule has 0 aliphatic rings. The molecule has 1 amide bonds. The van der Waals surface area contributed by atoms with Crippen LogP contribution in [0.1, 0.15) is 11.4 Å². The number of hydrogen-bond acceptors (Lipinski definition) is 3. The third kappa shape index (κ3) is 3.52. The first-order valence-corrected chi connectivity index (χ1v) is 5.49. The van der Waals surface area contributed by atoms with Gasteiger partial charge in [0.2, 0.25) is 0 Å². The van der Waals surface area contributed by atoms with Crippen LogP contribution in [0.2, 0.25) is 0 Å². The van der Waals surface area contributed by atoms with Gasteiger partial charge in [-0.2, -0.15) is 35.8 Å². The Morgan fingerprint density at radius 2 is 1.77 bits per heavy atom. The highest BCUT2D eigenvalue weighted by molar-refractivity contribution is 5.86. The minimum atomic E-state index is -6.59. The molecule has 0 saturated carbocycles. The summed E-state index contributed by atoms with van der Waals surface area (Å²) in [5.74, 6) is -15.4. The molecular weight excluding hydrogens is 323 g/mol. The van der Waals surface area contributed by atoms with Crippen LogP contribution in [0.15, 0.2) is 23.3 Å². The number of aryl methyl sites for hydroxylation is 1. The van der Waals surface area contributed by atoms with Crippen molar-refractivity contribution >= 4 is 12.1 Å². The van der Waals surface area contributed by atoms with Crippen LogP contribution in [0, 0.1) is 6.92 Å². The van der Waals surface area contributed by atoms with Gasteiger partial charge in [0.15, 0.2) is 0 Å². The fourth-order valence-electron chi connectivity index (χ4n) is 1.18. The minimum absolute atomic E-state index is 0.0752. The van der Waals surface area contributed by atoms with E-state index in [0.29, 0.717) is 11.9 Å². The average molecular weight is 331 g/mol. The van der Waals surface area contributed by atoms with Crippen LogP contribution >= 0.6 is 0 Å². The molecule has 0 aromatic carbocycles. The Hall–Kier alpha value is -2.20. The van der Waals surface area contributed by atoms with Crippen LogP contribution in [-0.2, 0) is 4.79 Å². The van der Waals surface area contributed by atoms with Crippen molar-refractivity contribution in [1.82, 2.24) is 10.4 Å². The molecule has 122 valence electrons. The predicted octanol–water partition coefficient (Wildman–Crippen LogP) is 2.67. The van der Waals surface area contributed by atoms with Gasteiger partial charge in [0, 0.05) is 5.69 Å². The Bertz CT molecular complexity index is 583. The van der Waals surface area contributed by atoms with Crippen molar-refractivity contribution in [3.05, 3.63) is 29.6 Å². The van der Waals surface area contributed by atoms with Crippen LogP contribution in [-0.4, -0.2) is 35.1 Å². The van der Waals surface area contributed by atoms with Gasteiger partial charge in [0.05, 0.1) is 11.9 Å². The lowest BCUT2D eigenvalue weighted by Gasteiger charge is -2.26. The largest absolute Gasteiger partial charge is 0.460 e. The Balaban J connectivity index is 2.84. The topological polar surface area (TPSA) is 54.4 Å². The molecule has 0 radical (unpaired) electrons. The van der Waals surface area contributed by atoms with Crippen molar-refractivity contribution < 1.29 is 35.5 Å². The van der Waals surface area contributed by atoms with Crippen molar-refractivity contribution in [3.63, 3.8) is 0 Å². The zero-order valence-corrected chi connectivity index (χ0v) is 10.8. The molecular formula is C11H8F7N3O. The number of hydrazone groups is 1. The number of amides is 1. The minimum Gasteiger partial charge on any atom is -0.266 e. The van der Waals surface area contributed by atoms with E-state index in [2.05, 4.69) is 10.1 Å². The van der Waals surface area contributed by atoms with Crippen molar-refractivity contribution in [3.8, 4) is 0 Å². The number of alkyl halides is 7. The maximum Gasteiger partial charge on any atom is 0.460 e. The van der Waals surface area contributed by atoms with Gasteiger partial charge >= 0.3 is 23.9 Å². The van der Waals surface area contributed by atoms with Gasteiger partial charge in [-0.1, -0.05) is 6.07 Å². The standard InChI is InChI=1S/C11H8F7N3O/c1-6-3-2-4-7(20-6)5-19-21-8(22)9(12,13)10(14,15)11(16,17)18/h2-5H,1H3,(H,21,22)/b19-5+. The van der Waals surface area contributed by atoms with Crippen LogP contribution in [0.4, 0.5) is 30.7 Å². The maximum absolute atomic E-state index is 12.9. The van der Waals surface area contributed by atoms with Crippen LogP contribution in [0.3, 0.4) is 0 Å². The number of aromatic nitrogens is 1. The second-order valence-corrected chi connectivity index (χ2v) is 4.05. The summed E-state index contributed by atoms with van der Waals surface area (Å²) in [5, 5.41) is 2.88. The van der Waals surface area contributed by atoms with Gasteiger partial charge in [0.25, 0.3) is 0 Å². The third-order valence-corrected chi connectivity index (χ3v) is 2.31. The average Bonchev–Trinajstić information content (AvgIpc) is 2.37. The number of carbonyl (C=O) groups is 1. The lowest BCUT2D eigenvalue weighted by Crippen LogP contribution is -2.58. The third-order valence-electron chi connectivity index (χ3n) is 2.31. The van der Waals surface area contributed by atoms with Gasteiger partial charge in [-0.3, -0.25) is 9.78 Å². The number of nitrogens with one attached hydrogen (secondary N) is 1. The Morgan fingerprint density at radius 3 is 2.27 bits per heavy atom. The maximum atomic E-state index is 12.9. The lowest BCUT2D eigenvalue weighted by atomic mass is 10.1. The van der Waals surface area contributed by atoms with Gasteiger partial charge < -0.3 is 0 Å². The number of nitrogens with zero attached hydrogens (tertiary/aromatic N) is 2. The second-order valence-electron chi connectivity index (χ2n) is 4.05. The molecule has 1 rings (SSSR count). The first kappa shape index (κ1) is 17.9. The number of hydrogen-bond donors (Lipinski definition) is 1. The van der Waals surface area contributed by atoms with Crippen LogP contribution in [0.25, 0.3) is 0 Å². The molecule has 4 nitrogen and oxygen atoms in total. The fraction of sp³-hybridized carbons (Fsp3) is 0.364. The molecule has 1 heterocycles. The summed E-state index contributed by atoms with van der Waals surface area (Å²) in [7, 11) is 0. The first-order valence-electron chi connectivity index (χ1n) is 5.49. The molecule has 0 atom stereocenters. The van der Waals surface area contributed by atoms with Gasteiger partial charge in [-0.15, -0.1) is 0 Å². The number of halogens is 7. The van der Waals surface area contributed by atoms with E-state index in [9.17, 15) is 35.5 Å². The molecule has 0 bridgehead atoms. The van der Waals surface area contributed by atoms with Gasteiger partial charge in [0.1, 0.15) is 0 Å². The SMILES string of the molecule is Cc1cccc(/C=N/NC(=O)C(F)(F)C(F)(F)C(F)(F)F)n1. The van der Waals surface area contributed by atoms with Gasteiger partial charge in [-0.05, 0) is 19.1 Å². The zero-order valence-electron chi connectivity index (χ0n) is 10.8. The molecule has 0 fully saturated rings. The number of pyridine rings is 1. The smallest absolute Gasteiger partial charge is 0.266 e. The van der Waals surface area contributed by atoms with Crippen molar-refractivity contribution in [1.29, 1.82) is 0 Å². The summed E-state index contributed by atoms with van der Waals surface area (Å²) in [6, 6.07) is 4.41. The highest BCUT2D eigenvalue weighted by Gasteiger charge is 2.76. The molecule has 1 N–H and O–H groups in total. The van der Waals surface area contributed by atoms with E-state index in [1.54, 1.807) is 13.0 Å². The molecule has 1 aromatic heterocycles. The lowest BCUT2D eigenvalue weighted by molar-refractivity contribution is -0.344. The Morgan fingerprint density at radius 1 is 1.18 bits per heavy atom. The van der Waals surface area contributed by atoms with Crippen LogP contribution < -0.4 is 5.43 Å². The van der Waals surface area contributed by atoms with E-state index in [4.69, 9.17) is 0 Å². The van der Waals surface area contributed by atoms with E-state index >= 15 is 0 Å². The summed E-state index contributed by atoms with van der Waals surface area (Å²) in [4.78, 5) is 14.6. The first-order chi connectivity index (χ1) is 9.89. The molecule has 22 heavy (non-hydrogen) atoms. The number of rotatable bonds is 4. The van der Waals surface area contributed by atoms with E-state index in [1.807, 2.05) is 0 Å². The van der Waals surface area contributed by atoms with E-state index in [-0.39, 0.29) is 5.69 Å².